The van der Waals surface area contributed by atoms with Crippen LogP contribution in [0.4, 0.5) is 0 Å². The van der Waals surface area contributed by atoms with E-state index in [0.29, 0.717) is 22.2 Å². The fraction of sp³-hybridized carbons (Fsp3) is 0.526. The van der Waals surface area contributed by atoms with Crippen molar-refractivity contribution >= 4 is 20.9 Å². The van der Waals surface area contributed by atoms with Crippen molar-refractivity contribution in [1.82, 2.24) is 9.71 Å². The molecule has 1 aromatic carbocycles. The minimum Gasteiger partial charge on any atom is -0.255 e. The van der Waals surface area contributed by atoms with E-state index in [2.05, 4.69) is 9.71 Å². The Hall–Kier alpha value is -1.46. The predicted molar refractivity (Wildman–Crippen MR) is 92.9 cm³/mol. The summed E-state index contributed by atoms with van der Waals surface area (Å²) in [6.07, 6.45) is 7.84. The number of pyridine rings is 1. The fourth-order valence-corrected chi connectivity index (χ4v) is 7.21. The summed E-state index contributed by atoms with van der Waals surface area (Å²) in [6.45, 7) is 0. The van der Waals surface area contributed by atoms with Gasteiger partial charge < -0.3 is 0 Å². The van der Waals surface area contributed by atoms with Crippen LogP contribution in [0.2, 0.25) is 0 Å². The first-order valence-electron chi connectivity index (χ1n) is 8.96. The summed E-state index contributed by atoms with van der Waals surface area (Å²) in [7, 11) is -3.54. The van der Waals surface area contributed by atoms with Gasteiger partial charge in [-0.25, -0.2) is 13.1 Å². The van der Waals surface area contributed by atoms with Crippen LogP contribution in [0.25, 0.3) is 10.9 Å². The third kappa shape index (κ3) is 2.29. The van der Waals surface area contributed by atoms with Crippen LogP contribution in [0.3, 0.4) is 0 Å². The second kappa shape index (κ2) is 5.27. The molecule has 4 fully saturated rings. The lowest BCUT2D eigenvalue weighted by Gasteiger charge is -2.54. The molecule has 0 unspecified atom stereocenters. The molecule has 4 saturated carbocycles. The molecular formula is C19H22N2O2S. The number of benzene rings is 1. The van der Waals surface area contributed by atoms with Crippen LogP contribution in [-0.2, 0) is 10.0 Å². The first-order valence-corrected chi connectivity index (χ1v) is 10.4. The van der Waals surface area contributed by atoms with Crippen molar-refractivity contribution in [2.24, 2.45) is 23.7 Å². The monoisotopic (exact) mass is 342 g/mol. The maximum atomic E-state index is 13.1. The number of hydrogen-bond acceptors (Lipinski definition) is 3. The van der Waals surface area contributed by atoms with E-state index in [0.717, 1.165) is 17.2 Å². The topological polar surface area (TPSA) is 59.1 Å². The highest BCUT2D eigenvalue weighted by molar-refractivity contribution is 7.89. The Bertz CT molecular complexity index is 860. The van der Waals surface area contributed by atoms with Crippen molar-refractivity contribution in [2.45, 2.75) is 43.0 Å². The Balaban J connectivity index is 1.50. The van der Waals surface area contributed by atoms with Gasteiger partial charge in [-0.1, -0.05) is 18.2 Å². The zero-order valence-electron chi connectivity index (χ0n) is 13.6. The van der Waals surface area contributed by atoms with E-state index in [1.54, 1.807) is 18.3 Å². The van der Waals surface area contributed by atoms with Crippen LogP contribution < -0.4 is 4.72 Å². The maximum absolute atomic E-state index is 13.1. The zero-order chi connectivity index (χ0) is 16.3. The number of nitrogens with zero attached hydrogens (tertiary/aromatic N) is 1. The minimum absolute atomic E-state index is 0.113. The second-order valence-electron chi connectivity index (χ2n) is 7.91. The smallest absolute Gasteiger partial charge is 0.243 e. The highest BCUT2D eigenvalue weighted by atomic mass is 32.2. The van der Waals surface area contributed by atoms with E-state index in [9.17, 15) is 8.42 Å². The molecule has 4 aliphatic rings. The molecule has 2 aromatic rings. The summed E-state index contributed by atoms with van der Waals surface area (Å²) in [5, 5.41) is 0.866. The Morgan fingerprint density at radius 1 is 0.917 bits per heavy atom. The van der Waals surface area contributed by atoms with Crippen molar-refractivity contribution in [2.75, 3.05) is 0 Å². The molecule has 0 saturated heterocycles. The van der Waals surface area contributed by atoms with Gasteiger partial charge in [-0.2, -0.15) is 0 Å². The molecule has 0 aliphatic heterocycles. The van der Waals surface area contributed by atoms with Gasteiger partial charge in [-0.15, -0.1) is 0 Å². The number of para-hydroxylation sites is 1. The normalized spacial score (nSPS) is 34.8. The Morgan fingerprint density at radius 2 is 1.58 bits per heavy atom. The van der Waals surface area contributed by atoms with Crippen molar-refractivity contribution in [3.05, 3.63) is 36.5 Å². The number of rotatable bonds is 3. The lowest BCUT2D eigenvalue weighted by molar-refractivity contribution is -0.00557. The molecule has 4 nitrogen and oxygen atoms in total. The van der Waals surface area contributed by atoms with E-state index in [-0.39, 0.29) is 6.04 Å². The summed E-state index contributed by atoms with van der Waals surface area (Å²) in [5.74, 6) is 2.73. The fourth-order valence-electron chi connectivity index (χ4n) is 5.65. The molecule has 1 N–H and O–H groups in total. The molecule has 126 valence electrons. The quantitative estimate of drug-likeness (QED) is 0.931. The van der Waals surface area contributed by atoms with Crippen LogP contribution in [0.1, 0.15) is 32.1 Å². The molecule has 24 heavy (non-hydrogen) atoms. The molecule has 0 radical (unpaired) electrons. The highest BCUT2D eigenvalue weighted by Gasteiger charge is 2.49. The third-order valence-electron chi connectivity index (χ3n) is 6.40. The van der Waals surface area contributed by atoms with E-state index in [1.165, 1.54) is 32.1 Å². The highest BCUT2D eigenvalue weighted by Crippen LogP contribution is 2.53. The van der Waals surface area contributed by atoms with Crippen LogP contribution in [0, 0.1) is 23.7 Å². The summed E-state index contributed by atoms with van der Waals surface area (Å²) < 4.78 is 29.3. The average molecular weight is 342 g/mol. The first-order chi connectivity index (χ1) is 11.6. The van der Waals surface area contributed by atoms with Gasteiger partial charge in [0.15, 0.2) is 0 Å². The largest absolute Gasteiger partial charge is 0.255 e. The van der Waals surface area contributed by atoms with E-state index in [4.69, 9.17) is 0 Å². The van der Waals surface area contributed by atoms with Gasteiger partial charge in [0.2, 0.25) is 10.0 Å². The number of aromatic nitrogens is 1. The lowest BCUT2D eigenvalue weighted by atomic mass is 9.54. The van der Waals surface area contributed by atoms with E-state index in [1.807, 2.05) is 18.2 Å². The molecule has 6 rings (SSSR count). The van der Waals surface area contributed by atoms with Crippen LogP contribution in [-0.4, -0.2) is 19.4 Å². The van der Waals surface area contributed by atoms with Crippen molar-refractivity contribution in [3.63, 3.8) is 0 Å². The summed E-state index contributed by atoms with van der Waals surface area (Å²) >= 11 is 0. The molecule has 0 spiro atoms. The molecule has 4 bridgehead atoms. The number of nitrogens with one attached hydrogen (secondary N) is 1. The molecule has 5 heteroatoms. The van der Waals surface area contributed by atoms with Crippen LogP contribution in [0.15, 0.2) is 41.4 Å². The van der Waals surface area contributed by atoms with E-state index >= 15 is 0 Å². The van der Waals surface area contributed by atoms with Crippen LogP contribution >= 0.6 is 0 Å². The minimum atomic E-state index is -3.54. The predicted octanol–water partition coefficient (Wildman–Crippen LogP) is 3.34. The van der Waals surface area contributed by atoms with Gasteiger partial charge >= 0.3 is 0 Å². The third-order valence-corrected chi connectivity index (χ3v) is 7.89. The zero-order valence-corrected chi connectivity index (χ0v) is 14.4. The van der Waals surface area contributed by atoms with E-state index < -0.39 is 10.0 Å². The van der Waals surface area contributed by atoms with Gasteiger partial charge in [0.25, 0.3) is 0 Å². The van der Waals surface area contributed by atoms with Crippen molar-refractivity contribution in [1.29, 1.82) is 0 Å². The Labute approximate surface area is 142 Å². The van der Waals surface area contributed by atoms with Crippen molar-refractivity contribution < 1.29 is 8.42 Å². The number of hydrogen-bond donors (Lipinski definition) is 1. The number of fused-ring (bicyclic) bond motifs is 1. The molecule has 0 amide bonds. The van der Waals surface area contributed by atoms with Crippen LogP contribution in [0.5, 0.6) is 0 Å². The molecule has 1 heterocycles. The summed E-state index contributed by atoms with van der Waals surface area (Å²) in [5.41, 5.74) is 0.566. The average Bonchev–Trinajstić information content (AvgIpc) is 2.57. The molecular weight excluding hydrogens is 320 g/mol. The second-order valence-corrected chi connectivity index (χ2v) is 9.59. The maximum Gasteiger partial charge on any atom is 0.243 e. The first kappa shape index (κ1) is 14.8. The van der Waals surface area contributed by atoms with Gasteiger partial charge in [0, 0.05) is 17.6 Å². The molecule has 1 aromatic heterocycles. The van der Waals surface area contributed by atoms with Gasteiger partial charge in [0.1, 0.15) is 4.90 Å². The Kier molecular flexibility index (Phi) is 3.26. The van der Waals surface area contributed by atoms with Gasteiger partial charge in [-0.3, -0.25) is 4.98 Å². The SMILES string of the molecule is O=S(=O)(NC1C2CC3CC(C2)CC1C3)c1cccc2cccnc12. The standard InChI is InChI=1S/C19H22N2O2S/c22-24(23,17-5-1-3-14-4-2-6-20-19(14)17)21-18-15-8-12-7-13(10-15)11-16(18)9-12/h1-6,12-13,15-16,18,21H,7-11H2. The number of sulfonamides is 1. The van der Waals surface area contributed by atoms with Crippen molar-refractivity contribution in [3.8, 4) is 0 Å². The summed E-state index contributed by atoms with van der Waals surface area (Å²) in [6, 6.07) is 9.24. The Morgan fingerprint density at radius 3 is 2.29 bits per heavy atom. The molecule has 0 atom stereocenters. The molecule has 4 aliphatic carbocycles. The van der Waals surface area contributed by atoms with Gasteiger partial charge in [0.05, 0.1) is 5.52 Å². The van der Waals surface area contributed by atoms with Gasteiger partial charge in [-0.05, 0) is 67.9 Å². The lowest BCUT2D eigenvalue weighted by Crippen LogP contribution is -2.55. The summed E-state index contributed by atoms with van der Waals surface area (Å²) in [4.78, 5) is 4.63.